The average molecular weight is 284 g/mol. The van der Waals surface area contributed by atoms with Crippen molar-refractivity contribution in [1.82, 2.24) is 0 Å². The average Bonchev–Trinajstić information content (AvgIpc) is 2.14. The van der Waals surface area contributed by atoms with Gasteiger partial charge in [-0.2, -0.15) is 0 Å². The number of halogens is 1. The normalized spacial score (nSPS) is 17.8. The van der Waals surface area contributed by atoms with Crippen LogP contribution >= 0.6 is 15.9 Å². The molecule has 1 fully saturated rings. The molecule has 0 saturated heterocycles. The molecule has 86 valence electrons. The van der Waals surface area contributed by atoms with Gasteiger partial charge in [0.25, 0.3) is 0 Å². The fourth-order valence-electron chi connectivity index (χ4n) is 2.00. The summed E-state index contributed by atoms with van der Waals surface area (Å²) < 4.78 is 0. The van der Waals surface area contributed by atoms with Crippen molar-refractivity contribution in [2.45, 2.75) is 24.1 Å². The first-order valence-electron chi connectivity index (χ1n) is 5.37. The molecule has 1 saturated carbocycles. The molecule has 0 spiro atoms. The number of carboxylic acid groups (broad SMARTS) is 1. The Bertz CT molecular complexity index is 415. The number of alkyl halides is 1. The number of carbonyl (C=O) groups is 1. The van der Waals surface area contributed by atoms with E-state index in [9.17, 15) is 4.79 Å². The Balaban J connectivity index is 2.33. The van der Waals surface area contributed by atoms with Crippen molar-refractivity contribution in [3.8, 4) is 0 Å². The van der Waals surface area contributed by atoms with Gasteiger partial charge in [-0.3, -0.25) is 0 Å². The number of nitrogens with two attached hydrogens (primary N) is 1. The van der Waals surface area contributed by atoms with Crippen molar-refractivity contribution < 1.29 is 9.90 Å². The van der Waals surface area contributed by atoms with Gasteiger partial charge in [0.15, 0.2) is 0 Å². The minimum atomic E-state index is -0.965. The van der Waals surface area contributed by atoms with Crippen LogP contribution in [-0.2, 0) is 0 Å². The molecule has 3 nitrogen and oxygen atoms in total. The molecule has 1 aromatic rings. The van der Waals surface area contributed by atoms with Gasteiger partial charge >= 0.3 is 5.97 Å². The maximum atomic E-state index is 11.0. The van der Waals surface area contributed by atoms with Crippen LogP contribution in [0.4, 0.5) is 5.69 Å². The lowest BCUT2D eigenvalue weighted by Gasteiger charge is -2.31. The number of rotatable bonds is 3. The Morgan fingerprint density at radius 1 is 1.50 bits per heavy atom. The highest BCUT2D eigenvalue weighted by atomic mass is 79.9. The van der Waals surface area contributed by atoms with E-state index in [-0.39, 0.29) is 10.4 Å². The first-order valence-corrected chi connectivity index (χ1v) is 6.28. The summed E-state index contributed by atoms with van der Waals surface area (Å²) in [6, 6.07) is 5.20. The Morgan fingerprint density at radius 2 is 2.19 bits per heavy atom. The summed E-state index contributed by atoms with van der Waals surface area (Å²) in [5.41, 5.74) is 7.39. The Labute approximate surface area is 103 Å². The Kier molecular flexibility index (Phi) is 3.19. The molecule has 3 N–H and O–H groups in total. The third-order valence-electron chi connectivity index (χ3n) is 3.23. The zero-order valence-electron chi connectivity index (χ0n) is 8.82. The van der Waals surface area contributed by atoms with Gasteiger partial charge in [-0.25, -0.2) is 4.79 Å². The van der Waals surface area contributed by atoms with Gasteiger partial charge in [-0.15, -0.1) is 0 Å². The number of carboxylic acids is 1. The van der Waals surface area contributed by atoms with E-state index in [0.29, 0.717) is 11.6 Å². The van der Waals surface area contributed by atoms with Crippen LogP contribution in [0.25, 0.3) is 0 Å². The molecule has 1 aromatic carbocycles. The number of aromatic carboxylic acids is 1. The van der Waals surface area contributed by atoms with Crippen LogP contribution in [-0.4, -0.2) is 11.1 Å². The molecular weight excluding hydrogens is 270 g/mol. The molecule has 16 heavy (non-hydrogen) atoms. The molecule has 1 aliphatic carbocycles. The summed E-state index contributed by atoms with van der Waals surface area (Å²) in [5.74, 6) is -0.376. The van der Waals surface area contributed by atoms with E-state index in [4.69, 9.17) is 10.8 Å². The zero-order valence-corrected chi connectivity index (χ0v) is 10.4. The van der Waals surface area contributed by atoms with E-state index in [2.05, 4.69) is 15.9 Å². The maximum absolute atomic E-state index is 11.0. The van der Waals surface area contributed by atoms with Gasteiger partial charge in [0.2, 0.25) is 0 Å². The molecule has 0 aliphatic heterocycles. The number of nitrogen functional groups attached to an aromatic ring is 1. The van der Waals surface area contributed by atoms with Gasteiger partial charge in [0.1, 0.15) is 0 Å². The van der Waals surface area contributed by atoms with Crippen molar-refractivity contribution in [3.05, 3.63) is 29.3 Å². The van der Waals surface area contributed by atoms with Crippen molar-refractivity contribution in [2.75, 3.05) is 5.73 Å². The SMILES string of the molecule is Nc1c(C(=O)O)cccc1C(Br)C1CCC1. The van der Waals surface area contributed by atoms with E-state index in [1.54, 1.807) is 12.1 Å². The molecule has 1 aliphatic rings. The number of benzene rings is 1. The standard InChI is InChI=1S/C12H14BrNO2/c13-10(7-3-1-4-7)8-5-2-6-9(11(8)14)12(15)16/h2,5-7,10H,1,3-4,14H2,(H,15,16). The monoisotopic (exact) mass is 283 g/mol. The van der Waals surface area contributed by atoms with Crippen molar-refractivity contribution >= 4 is 27.6 Å². The molecule has 0 bridgehead atoms. The van der Waals surface area contributed by atoms with Crippen LogP contribution in [0, 0.1) is 5.92 Å². The van der Waals surface area contributed by atoms with E-state index in [1.165, 1.54) is 19.3 Å². The van der Waals surface area contributed by atoms with Gasteiger partial charge in [-0.05, 0) is 30.4 Å². The lowest BCUT2D eigenvalue weighted by Crippen LogP contribution is -2.18. The molecule has 4 heteroatoms. The second-order valence-corrected chi connectivity index (χ2v) is 5.19. The minimum absolute atomic E-state index is 0.181. The summed E-state index contributed by atoms with van der Waals surface area (Å²) in [4.78, 5) is 11.1. The summed E-state index contributed by atoms with van der Waals surface area (Å²) in [7, 11) is 0. The molecular formula is C12H14BrNO2. The summed E-state index contributed by atoms with van der Waals surface area (Å²) in [6.07, 6.45) is 3.63. The van der Waals surface area contributed by atoms with Gasteiger partial charge < -0.3 is 10.8 Å². The van der Waals surface area contributed by atoms with Crippen LogP contribution in [0.15, 0.2) is 18.2 Å². The van der Waals surface area contributed by atoms with Crippen LogP contribution in [0.3, 0.4) is 0 Å². The smallest absolute Gasteiger partial charge is 0.337 e. The van der Waals surface area contributed by atoms with Crippen molar-refractivity contribution in [2.24, 2.45) is 5.92 Å². The first-order chi connectivity index (χ1) is 7.61. The second-order valence-electron chi connectivity index (χ2n) is 4.21. The summed E-state index contributed by atoms with van der Waals surface area (Å²) in [5, 5.41) is 8.99. The first kappa shape index (κ1) is 11.5. The molecule has 1 unspecified atom stereocenters. The van der Waals surface area contributed by atoms with Crippen LogP contribution in [0.1, 0.15) is 40.0 Å². The van der Waals surface area contributed by atoms with E-state index >= 15 is 0 Å². The summed E-state index contributed by atoms with van der Waals surface area (Å²) in [6.45, 7) is 0. The van der Waals surface area contributed by atoms with Crippen LogP contribution in [0.5, 0.6) is 0 Å². The molecule has 0 radical (unpaired) electrons. The number of hydrogen-bond donors (Lipinski definition) is 2. The molecule has 2 rings (SSSR count). The largest absolute Gasteiger partial charge is 0.478 e. The second kappa shape index (κ2) is 4.45. The number of anilines is 1. The number of para-hydroxylation sites is 1. The van der Waals surface area contributed by atoms with Gasteiger partial charge in [-0.1, -0.05) is 34.5 Å². The Hall–Kier alpha value is -1.03. The van der Waals surface area contributed by atoms with E-state index < -0.39 is 5.97 Å². The van der Waals surface area contributed by atoms with Crippen LogP contribution < -0.4 is 5.73 Å². The van der Waals surface area contributed by atoms with Crippen LogP contribution in [0.2, 0.25) is 0 Å². The molecule has 1 atom stereocenters. The molecule has 0 heterocycles. The van der Waals surface area contributed by atoms with E-state index in [1.807, 2.05) is 6.07 Å². The number of hydrogen-bond acceptors (Lipinski definition) is 2. The summed E-state index contributed by atoms with van der Waals surface area (Å²) >= 11 is 3.62. The highest BCUT2D eigenvalue weighted by molar-refractivity contribution is 9.09. The molecule has 0 amide bonds. The fourth-order valence-corrected chi connectivity index (χ4v) is 2.92. The molecule has 0 aromatic heterocycles. The zero-order chi connectivity index (χ0) is 11.7. The Morgan fingerprint density at radius 3 is 2.69 bits per heavy atom. The third-order valence-corrected chi connectivity index (χ3v) is 4.47. The lowest BCUT2D eigenvalue weighted by atomic mass is 9.80. The fraction of sp³-hybridized carbons (Fsp3) is 0.417. The topological polar surface area (TPSA) is 63.3 Å². The quantitative estimate of drug-likeness (QED) is 0.661. The highest BCUT2D eigenvalue weighted by Gasteiger charge is 2.28. The van der Waals surface area contributed by atoms with E-state index in [0.717, 1.165) is 5.56 Å². The highest BCUT2D eigenvalue weighted by Crippen LogP contribution is 2.45. The predicted molar refractivity (Wildman–Crippen MR) is 66.8 cm³/mol. The predicted octanol–water partition coefficient (Wildman–Crippen LogP) is 3.20. The third kappa shape index (κ3) is 1.94. The maximum Gasteiger partial charge on any atom is 0.337 e. The van der Waals surface area contributed by atoms with Gasteiger partial charge in [0, 0.05) is 4.83 Å². The lowest BCUT2D eigenvalue weighted by molar-refractivity contribution is 0.0698. The van der Waals surface area contributed by atoms with Crippen molar-refractivity contribution in [3.63, 3.8) is 0 Å². The minimum Gasteiger partial charge on any atom is -0.478 e. The van der Waals surface area contributed by atoms with Gasteiger partial charge in [0.05, 0.1) is 11.3 Å². The van der Waals surface area contributed by atoms with Crippen molar-refractivity contribution in [1.29, 1.82) is 0 Å².